The molecule has 0 aromatic heterocycles. The molecule has 0 aliphatic rings. The minimum atomic E-state index is -0.158. The summed E-state index contributed by atoms with van der Waals surface area (Å²) in [7, 11) is 0. The molecule has 0 bridgehead atoms. The minimum absolute atomic E-state index is 0.00129. The SMILES string of the molecule is CC(C)c1ccc(OCC(=O)NCCOc2ccc(C(C)(C)C)cc2)cc1. The molecule has 0 saturated carbocycles. The van der Waals surface area contributed by atoms with Crippen molar-refractivity contribution in [3.8, 4) is 11.5 Å². The van der Waals surface area contributed by atoms with Gasteiger partial charge in [-0.25, -0.2) is 0 Å². The van der Waals surface area contributed by atoms with E-state index >= 15 is 0 Å². The van der Waals surface area contributed by atoms with E-state index in [0.29, 0.717) is 24.8 Å². The Labute approximate surface area is 162 Å². The largest absolute Gasteiger partial charge is 0.492 e. The maximum atomic E-state index is 11.9. The third-order valence-corrected chi connectivity index (χ3v) is 4.33. The molecule has 1 amide bonds. The van der Waals surface area contributed by atoms with Gasteiger partial charge in [0.15, 0.2) is 6.61 Å². The van der Waals surface area contributed by atoms with Crippen LogP contribution in [0.3, 0.4) is 0 Å². The van der Waals surface area contributed by atoms with Crippen LogP contribution in [0.4, 0.5) is 0 Å². The molecule has 146 valence electrons. The molecule has 27 heavy (non-hydrogen) atoms. The standard InChI is InChI=1S/C23H31NO3/c1-17(2)18-6-10-21(11-7-18)27-16-22(25)24-14-15-26-20-12-8-19(9-13-20)23(3,4)5/h6-13,17H,14-16H2,1-5H3,(H,24,25). The van der Waals surface area contributed by atoms with Crippen molar-refractivity contribution >= 4 is 5.91 Å². The number of amides is 1. The van der Waals surface area contributed by atoms with Crippen LogP contribution in [0.15, 0.2) is 48.5 Å². The predicted octanol–water partition coefficient (Wildman–Crippen LogP) is 4.68. The van der Waals surface area contributed by atoms with Crippen LogP contribution in [0.25, 0.3) is 0 Å². The molecule has 0 saturated heterocycles. The molecule has 1 N–H and O–H groups in total. The molecule has 0 heterocycles. The number of rotatable bonds is 8. The first-order chi connectivity index (χ1) is 12.8. The van der Waals surface area contributed by atoms with Crippen molar-refractivity contribution in [2.45, 2.75) is 46.0 Å². The first-order valence-electron chi connectivity index (χ1n) is 9.48. The summed E-state index contributed by atoms with van der Waals surface area (Å²) in [5, 5.41) is 2.80. The monoisotopic (exact) mass is 369 g/mol. The van der Waals surface area contributed by atoms with Crippen LogP contribution in [-0.2, 0) is 10.2 Å². The van der Waals surface area contributed by atoms with Gasteiger partial charge in [-0.3, -0.25) is 4.79 Å². The molecule has 4 nitrogen and oxygen atoms in total. The zero-order chi connectivity index (χ0) is 19.9. The Bertz CT molecular complexity index is 713. The molecule has 0 spiro atoms. The Kier molecular flexibility index (Phi) is 7.28. The van der Waals surface area contributed by atoms with E-state index in [1.54, 1.807) is 0 Å². The molecule has 0 unspecified atom stereocenters. The molecule has 0 aliphatic heterocycles. The van der Waals surface area contributed by atoms with E-state index in [0.717, 1.165) is 5.75 Å². The van der Waals surface area contributed by atoms with Gasteiger partial charge in [-0.2, -0.15) is 0 Å². The molecular weight excluding hydrogens is 338 g/mol. The zero-order valence-corrected chi connectivity index (χ0v) is 17.0. The van der Waals surface area contributed by atoms with Gasteiger partial charge < -0.3 is 14.8 Å². The predicted molar refractivity (Wildman–Crippen MR) is 110 cm³/mol. The van der Waals surface area contributed by atoms with Crippen LogP contribution in [-0.4, -0.2) is 25.7 Å². The van der Waals surface area contributed by atoms with E-state index in [-0.39, 0.29) is 17.9 Å². The number of hydrogen-bond donors (Lipinski definition) is 1. The maximum absolute atomic E-state index is 11.9. The van der Waals surface area contributed by atoms with Crippen molar-refractivity contribution in [2.24, 2.45) is 0 Å². The zero-order valence-electron chi connectivity index (χ0n) is 17.0. The third-order valence-electron chi connectivity index (χ3n) is 4.33. The summed E-state index contributed by atoms with van der Waals surface area (Å²) in [4.78, 5) is 11.9. The van der Waals surface area contributed by atoms with Crippen molar-refractivity contribution in [3.63, 3.8) is 0 Å². The highest BCUT2D eigenvalue weighted by atomic mass is 16.5. The first-order valence-corrected chi connectivity index (χ1v) is 9.48. The van der Waals surface area contributed by atoms with E-state index in [1.165, 1.54) is 11.1 Å². The van der Waals surface area contributed by atoms with Crippen molar-refractivity contribution in [1.82, 2.24) is 5.32 Å². The van der Waals surface area contributed by atoms with Crippen LogP contribution in [0.5, 0.6) is 11.5 Å². The van der Waals surface area contributed by atoms with Gasteiger partial charge in [0.1, 0.15) is 18.1 Å². The van der Waals surface area contributed by atoms with Crippen LogP contribution in [0.2, 0.25) is 0 Å². The van der Waals surface area contributed by atoms with Gasteiger partial charge in [0.05, 0.1) is 6.54 Å². The van der Waals surface area contributed by atoms with Crippen molar-refractivity contribution in [2.75, 3.05) is 19.8 Å². The van der Waals surface area contributed by atoms with Crippen molar-refractivity contribution in [1.29, 1.82) is 0 Å². The van der Waals surface area contributed by atoms with Crippen LogP contribution < -0.4 is 14.8 Å². The lowest BCUT2D eigenvalue weighted by Gasteiger charge is -2.19. The summed E-state index contributed by atoms with van der Waals surface area (Å²) in [5.41, 5.74) is 2.64. The fourth-order valence-electron chi connectivity index (χ4n) is 2.56. The van der Waals surface area contributed by atoms with Crippen molar-refractivity contribution < 1.29 is 14.3 Å². The lowest BCUT2D eigenvalue weighted by molar-refractivity contribution is -0.123. The average Bonchev–Trinajstić information content (AvgIpc) is 2.63. The Morgan fingerprint density at radius 3 is 2.04 bits per heavy atom. The van der Waals surface area contributed by atoms with E-state index < -0.39 is 0 Å². The number of nitrogens with one attached hydrogen (secondary N) is 1. The van der Waals surface area contributed by atoms with Gasteiger partial charge in [0.2, 0.25) is 0 Å². The summed E-state index contributed by atoms with van der Waals surface area (Å²) in [6.45, 7) is 11.7. The number of benzene rings is 2. The molecule has 2 aromatic carbocycles. The molecule has 4 heteroatoms. The second-order valence-electron chi connectivity index (χ2n) is 7.99. The van der Waals surface area contributed by atoms with Crippen LogP contribution >= 0.6 is 0 Å². The number of ether oxygens (including phenoxy) is 2. The van der Waals surface area contributed by atoms with Gasteiger partial charge >= 0.3 is 0 Å². The van der Waals surface area contributed by atoms with Gasteiger partial charge in [-0.05, 0) is 46.7 Å². The Hall–Kier alpha value is -2.49. The lowest BCUT2D eigenvalue weighted by Crippen LogP contribution is -2.32. The fraction of sp³-hybridized carbons (Fsp3) is 0.435. The highest BCUT2D eigenvalue weighted by molar-refractivity contribution is 5.77. The van der Waals surface area contributed by atoms with E-state index in [4.69, 9.17) is 9.47 Å². The molecule has 0 fully saturated rings. The average molecular weight is 370 g/mol. The summed E-state index contributed by atoms with van der Waals surface area (Å²) in [5.74, 6) is 1.82. The van der Waals surface area contributed by atoms with E-state index in [1.807, 2.05) is 36.4 Å². The van der Waals surface area contributed by atoms with E-state index in [9.17, 15) is 4.79 Å². The highest BCUT2D eigenvalue weighted by Gasteiger charge is 2.12. The summed E-state index contributed by atoms with van der Waals surface area (Å²) in [6.07, 6.45) is 0. The van der Waals surface area contributed by atoms with Crippen LogP contribution in [0, 0.1) is 0 Å². The number of carbonyl (C=O) groups excluding carboxylic acids is 1. The second kappa shape index (κ2) is 9.45. The molecule has 0 aliphatic carbocycles. The minimum Gasteiger partial charge on any atom is -0.492 e. The number of hydrogen-bond acceptors (Lipinski definition) is 3. The summed E-state index contributed by atoms with van der Waals surface area (Å²) < 4.78 is 11.2. The Morgan fingerprint density at radius 2 is 1.48 bits per heavy atom. The smallest absolute Gasteiger partial charge is 0.258 e. The van der Waals surface area contributed by atoms with Gasteiger partial charge in [0.25, 0.3) is 5.91 Å². The van der Waals surface area contributed by atoms with Crippen LogP contribution in [0.1, 0.15) is 51.7 Å². The normalized spacial score (nSPS) is 11.3. The first kappa shape index (κ1) is 20.8. The maximum Gasteiger partial charge on any atom is 0.258 e. The molecule has 0 radical (unpaired) electrons. The Balaban J connectivity index is 1.66. The van der Waals surface area contributed by atoms with E-state index in [2.05, 4.69) is 52.1 Å². The number of carbonyl (C=O) groups is 1. The van der Waals surface area contributed by atoms with Gasteiger partial charge in [-0.15, -0.1) is 0 Å². The Morgan fingerprint density at radius 1 is 0.926 bits per heavy atom. The highest BCUT2D eigenvalue weighted by Crippen LogP contribution is 2.24. The molecule has 0 atom stereocenters. The van der Waals surface area contributed by atoms with Gasteiger partial charge in [-0.1, -0.05) is 58.9 Å². The van der Waals surface area contributed by atoms with Gasteiger partial charge in [0, 0.05) is 0 Å². The molecular formula is C23H31NO3. The third kappa shape index (κ3) is 6.97. The molecule has 2 rings (SSSR count). The lowest BCUT2D eigenvalue weighted by atomic mass is 9.87. The fourth-order valence-corrected chi connectivity index (χ4v) is 2.56. The summed E-state index contributed by atoms with van der Waals surface area (Å²) >= 11 is 0. The molecule has 2 aromatic rings. The second-order valence-corrected chi connectivity index (χ2v) is 7.99. The van der Waals surface area contributed by atoms with Crippen molar-refractivity contribution in [3.05, 3.63) is 59.7 Å². The topological polar surface area (TPSA) is 47.6 Å². The quantitative estimate of drug-likeness (QED) is 0.687. The summed E-state index contributed by atoms with van der Waals surface area (Å²) in [6, 6.07) is 15.9.